The van der Waals surface area contributed by atoms with E-state index in [2.05, 4.69) is 21.2 Å². The summed E-state index contributed by atoms with van der Waals surface area (Å²) in [4.78, 5) is 11.6. The van der Waals surface area contributed by atoms with Crippen molar-refractivity contribution in [2.45, 2.75) is 20.3 Å². The highest BCUT2D eigenvalue weighted by atomic mass is 79.9. The number of halogens is 1. The molecule has 88 valence electrons. The monoisotopic (exact) mass is 284 g/mol. The van der Waals surface area contributed by atoms with Crippen LogP contribution in [-0.2, 0) is 4.79 Å². The largest absolute Gasteiger partial charge is 0.330 e. The first-order valence-electron chi connectivity index (χ1n) is 5.28. The Bertz CT molecular complexity index is 359. The Hall–Kier alpha value is -0.870. The molecule has 1 rings (SSSR count). The van der Waals surface area contributed by atoms with Crippen LogP contribution in [0.3, 0.4) is 0 Å². The van der Waals surface area contributed by atoms with Gasteiger partial charge in [-0.15, -0.1) is 0 Å². The zero-order valence-electron chi connectivity index (χ0n) is 9.59. The Balaban J connectivity index is 2.62. The van der Waals surface area contributed by atoms with Gasteiger partial charge >= 0.3 is 0 Å². The van der Waals surface area contributed by atoms with Crippen LogP contribution < -0.4 is 11.1 Å². The second-order valence-electron chi connectivity index (χ2n) is 4.11. The number of hydrogen-bond donors (Lipinski definition) is 2. The molecular weight excluding hydrogens is 268 g/mol. The highest BCUT2D eigenvalue weighted by Crippen LogP contribution is 2.19. The van der Waals surface area contributed by atoms with Crippen molar-refractivity contribution in [2.24, 2.45) is 11.7 Å². The van der Waals surface area contributed by atoms with E-state index in [0.717, 1.165) is 15.7 Å². The molecule has 1 aromatic carbocycles. The number of benzene rings is 1. The van der Waals surface area contributed by atoms with Crippen molar-refractivity contribution in [1.29, 1.82) is 0 Å². The van der Waals surface area contributed by atoms with E-state index in [4.69, 9.17) is 5.73 Å². The van der Waals surface area contributed by atoms with E-state index in [-0.39, 0.29) is 11.8 Å². The molecule has 4 heteroatoms. The van der Waals surface area contributed by atoms with Crippen LogP contribution in [0.4, 0.5) is 5.69 Å². The molecule has 1 amide bonds. The zero-order valence-corrected chi connectivity index (χ0v) is 11.2. The molecule has 3 N–H and O–H groups in total. The van der Waals surface area contributed by atoms with Gasteiger partial charge < -0.3 is 11.1 Å². The van der Waals surface area contributed by atoms with Gasteiger partial charge in [0.25, 0.3) is 0 Å². The summed E-state index contributed by atoms with van der Waals surface area (Å²) in [5, 5.41) is 2.86. The Morgan fingerprint density at radius 1 is 1.50 bits per heavy atom. The van der Waals surface area contributed by atoms with Crippen molar-refractivity contribution in [3.63, 3.8) is 0 Å². The molecule has 0 aliphatic heterocycles. The molecule has 0 spiro atoms. The number of anilines is 1. The average Bonchev–Trinajstić information content (AvgIpc) is 2.15. The first-order chi connectivity index (χ1) is 7.51. The van der Waals surface area contributed by atoms with Crippen molar-refractivity contribution in [1.82, 2.24) is 0 Å². The van der Waals surface area contributed by atoms with Crippen molar-refractivity contribution in [3.05, 3.63) is 28.2 Å². The molecule has 0 aliphatic carbocycles. The van der Waals surface area contributed by atoms with Crippen LogP contribution in [0, 0.1) is 12.8 Å². The molecule has 0 saturated carbocycles. The zero-order chi connectivity index (χ0) is 12.1. The van der Waals surface area contributed by atoms with E-state index >= 15 is 0 Å². The molecule has 1 aromatic rings. The number of rotatable bonds is 4. The van der Waals surface area contributed by atoms with Gasteiger partial charge in [-0.05, 0) is 43.1 Å². The van der Waals surface area contributed by atoms with Gasteiger partial charge in [0.15, 0.2) is 0 Å². The van der Waals surface area contributed by atoms with Crippen LogP contribution in [0.15, 0.2) is 22.7 Å². The standard InChI is InChI=1S/C12H17BrN2O/c1-8-3-10(13)6-11(4-8)15-12(16)5-9(2)7-14/h3-4,6,9H,5,7,14H2,1-2H3,(H,15,16). The van der Waals surface area contributed by atoms with Crippen LogP contribution in [0.2, 0.25) is 0 Å². The second-order valence-corrected chi connectivity index (χ2v) is 5.03. The lowest BCUT2D eigenvalue weighted by Gasteiger charge is -2.10. The maximum atomic E-state index is 11.6. The maximum absolute atomic E-state index is 11.6. The van der Waals surface area contributed by atoms with Gasteiger partial charge in [-0.3, -0.25) is 4.79 Å². The minimum atomic E-state index is 0.00968. The number of nitrogens with two attached hydrogens (primary N) is 1. The summed E-state index contributed by atoms with van der Waals surface area (Å²) in [5.74, 6) is 0.226. The number of carbonyl (C=O) groups excluding carboxylic acids is 1. The van der Waals surface area contributed by atoms with Gasteiger partial charge in [0.1, 0.15) is 0 Å². The van der Waals surface area contributed by atoms with E-state index < -0.39 is 0 Å². The SMILES string of the molecule is Cc1cc(Br)cc(NC(=O)CC(C)CN)c1. The molecule has 0 saturated heterocycles. The lowest BCUT2D eigenvalue weighted by atomic mass is 10.1. The Labute approximate surface area is 105 Å². The fraction of sp³-hybridized carbons (Fsp3) is 0.417. The molecule has 0 heterocycles. The fourth-order valence-electron chi connectivity index (χ4n) is 1.42. The summed E-state index contributed by atoms with van der Waals surface area (Å²) >= 11 is 3.40. The molecule has 3 nitrogen and oxygen atoms in total. The summed E-state index contributed by atoms with van der Waals surface area (Å²) in [5.41, 5.74) is 7.40. The Morgan fingerprint density at radius 2 is 2.19 bits per heavy atom. The number of nitrogens with one attached hydrogen (secondary N) is 1. The summed E-state index contributed by atoms with van der Waals surface area (Å²) < 4.78 is 0.967. The lowest BCUT2D eigenvalue weighted by Crippen LogP contribution is -2.20. The number of amides is 1. The molecule has 0 aliphatic rings. The van der Waals surface area contributed by atoms with Gasteiger partial charge in [0, 0.05) is 16.6 Å². The van der Waals surface area contributed by atoms with Gasteiger partial charge in [0.05, 0.1) is 0 Å². The van der Waals surface area contributed by atoms with Crippen LogP contribution >= 0.6 is 15.9 Å². The van der Waals surface area contributed by atoms with Crippen molar-refractivity contribution >= 4 is 27.5 Å². The minimum absolute atomic E-state index is 0.00968. The Morgan fingerprint density at radius 3 is 2.75 bits per heavy atom. The number of carbonyl (C=O) groups is 1. The third-order valence-electron chi connectivity index (χ3n) is 2.26. The highest BCUT2D eigenvalue weighted by molar-refractivity contribution is 9.10. The summed E-state index contributed by atoms with van der Waals surface area (Å²) in [6, 6.07) is 5.83. The third-order valence-corrected chi connectivity index (χ3v) is 2.72. The van der Waals surface area contributed by atoms with Crippen LogP contribution in [-0.4, -0.2) is 12.5 Å². The molecule has 0 bridgehead atoms. The van der Waals surface area contributed by atoms with Crippen molar-refractivity contribution < 1.29 is 4.79 Å². The number of aryl methyl sites for hydroxylation is 1. The van der Waals surface area contributed by atoms with Crippen molar-refractivity contribution in [3.8, 4) is 0 Å². The van der Waals surface area contributed by atoms with E-state index in [1.165, 1.54) is 0 Å². The molecule has 0 aromatic heterocycles. The van der Waals surface area contributed by atoms with E-state index in [1.54, 1.807) is 0 Å². The smallest absolute Gasteiger partial charge is 0.224 e. The topological polar surface area (TPSA) is 55.1 Å². The van der Waals surface area contributed by atoms with Crippen LogP contribution in [0.25, 0.3) is 0 Å². The lowest BCUT2D eigenvalue weighted by molar-refractivity contribution is -0.116. The number of hydrogen-bond acceptors (Lipinski definition) is 2. The normalized spacial score (nSPS) is 12.2. The van der Waals surface area contributed by atoms with Crippen molar-refractivity contribution in [2.75, 3.05) is 11.9 Å². The molecule has 1 atom stereocenters. The fourth-order valence-corrected chi connectivity index (χ4v) is 2.03. The van der Waals surface area contributed by atoms with Gasteiger partial charge in [-0.25, -0.2) is 0 Å². The van der Waals surface area contributed by atoms with E-state index in [9.17, 15) is 4.79 Å². The predicted octanol–water partition coefficient (Wildman–Crippen LogP) is 2.68. The van der Waals surface area contributed by atoms with Crippen LogP contribution in [0.5, 0.6) is 0 Å². The highest BCUT2D eigenvalue weighted by Gasteiger charge is 2.08. The first-order valence-corrected chi connectivity index (χ1v) is 6.07. The molecule has 0 fully saturated rings. The maximum Gasteiger partial charge on any atom is 0.224 e. The second kappa shape index (κ2) is 6.01. The Kier molecular flexibility index (Phi) is 4.96. The van der Waals surface area contributed by atoms with Gasteiger partial charge in [-0.1, -0.05) is 22.9 Å². The van der Waals surface area contributed by atoms with Gasteiger partial charge in [0.2, 0.25) is 5.91 Å². The summed E-state index contributed by atoms with van der Waals surface area (Å²) in [6.45, 7) is 4.49. The quantitative estimate of drug-likeness (QED) is 0.893. The molecule has 1 unspecified atom stereocenters. The van der Waals surface area contributed by atoms with E-state index in [0.29, 0.717) is 13.0 Å². The molecular formula is C12H17BrN2O. The van der Waals surface area contributed by atoms with Crippen LogP contribution in [0.1, 0.15) is 18.9 Å². The van der Waals surface area contributed by atoms with E-state index in [1.807, 2.05) is 32.0 Å². The molecule has 16 heavy (non-hydrogen) atoms. The predicted molar refractivity (Wildman–Crippen MR) is 70.3 cm³/mol. The first kappa shape index (κ1) is 13.2. The minimum Gasteiger partial charge on any atom is -0.330 e. The van der Waals surface area contributed by atoms with Gasteiger partial charge in [-0.2, -0.15) is 0 Å². The third kappa shape index (κ3) is 4.33. The average molecular weight is 285 g/mol. The molecule has 0 radical (unpaired) electrons. The summed E-state index contributed by atoms with van der Waals surface area (Å²) in [6.07, 6.45) is 0.460. The summed E-state index contributed by atoms with van der Waals surface area (Å²) in [7, 11) is 0.